The summed E-state index contributed by atoms with van der Waals surface area (Å²) < 4.78 is 5.97. The van der Waals surface area contributed by atoms with Gasteiger partial charge in [-0.25, -0.2) is 9.98 Å². The van der Waals surface area contributed by atoms with Crippen molar-refractivity contribution in [2.45, 2.75) is 6.04 Å². The highest BCUT2D eigenvalue weighted by molar-refractivity contribution is 9.10. The van der Waals surface area contributed by atoms with E-state index in [1.54, 1.807) is 19.4 Å². The van der Waals surface area contributed by atoms with Crippen LogP contribution in [0.2, 0.25) is 0 Å². The highest BCUT2D eigenvalue weighted by Crippen LogP contribution is 2.41. The van der Waals surface area contributed by atoms with Crippen LogP contribution in [0.15, 0.2) is 27.7 Å². The third-order valence-corrected chi connectivity index (χ3v) is 4.47. The zero-order valence-electron chi connectivity index (χ0n) is 13.5. The number of halogens is 1. The number of fused-ring (bicyclic) bond motifs is 1. The summed E-state index contributed by atoms with van der Waals surface area (Å²) in [6.45, 7) is 0. The SMILES string of the molecule is COc1ccc(C2N=C(NC#N)Nc3nc(N)c(C#N)c(N)c32)cc1Br. The monoisotopic (exact) mass is 412 g/mol. The van der Waals surface area contributed by atoms with Crippen LogP contribution in [-0.2, 0) is 0 Å². The van der Waals surface area contributed by atoms with Crippen molar-refractivity contribution in [1.82, 2.24) is 10.3 Å². The minimum Gasteiger partial charge on any atom is -0.496 e. The summed E-state index contributed by atoms with van der Waals surface area (Å²) in [7, 11) is 1.57. The van der Waals surface area contributed by atoms with Gasteiger partial charge in [0.15, 0.2) is 6.19 Å². The molecule has 6 N–H and O–H groups in total. The lowest BCUT2D eigenvalue weighted by atomic mass is 9.95. The normalized spacial score (nSPS) is 14.9. The Balaban J connectivity index is 2.23. The third-order valence-electron chi connectivity index (χ3n) is 3.85. The van der Waals surface area contributed by atoms with E-state index in [-0.39, 0.29) is 23.0 Å². The van der Waals surface area contributed by atoms with Gasteiger partial charge in [0.2, 0.25) is 5.96 Å². The molecule has 1 aliphatic rings. The molecule has 1 aromatic heterocycles. The molecule has 9 nitrogen and oxygen atoms in total. The number of nitriles is 2. The number of rotatable bonds is 2. The molecule has 0 spiro atoms. The van der Waals surface area contributed by atoms with Gasteiger partial charge in [-0.05, 0) is 33.6 Å². The van der Waals surface area contributed by atoms with E-state index in [1.807, 2.05) is 18.2 Å². The van der Waals surface area contributed by atoms with E-state index >= 15 is 0 Å². The van der Waals surface area contributed by atoms with Crippen LogP contribution in [-0.4, -0.2) is 18.1 Å². The molecular weight excluding hydrogens is 400 g/mol. The molecule has 3 rings (SSSR count). The standard InChI is InChI=1S/C16H13BrN8O/c1-26-10-3-2-7(4-9(10)17)13-11-12(20)8(5-18)14(21)24-15(11)25-16(23-13)22-6-19/h2-4,13H,1H3,(H6,20,21,22,23,24,25). The fourth-order valence-electron chi connectivity index (χ4n) is 2.67. The lowest BCUT2D eigenvalue weighted by Gasteiger charge is -2.26. The fourth-order valence-corrected chi connectivity index (χ4v) is 3.23. The molecule has 0 amide bonds. The Labute approximate surface area is 157 Å². The molecule has 1 aliphatic heterocycles. The van der Waals surface area contributed by atoms with Crippen molar-refractivity contribution in [3.8, 4) is 18.0 Å². The maximum Gasteiger partial charge on any atom is 0.211 e. The summed E-state index contributed by atoms with van der Waals surface area (Å²) in [5.74, 6) is 1.20. The first-order chi connectivity index (χ1) is 12.5. The number of hydrogen-bond donors (Lipinski definition) is 4. The molecule has 26 heavy (non-hydrogen) atoms. The number of methoxy groups -OCH3 is 1. The second-order valence-corrected chi connectivity index (χ2v) is 6.15. The third kappa shape index (κ3) is 2.83. The summed E-state index contributed by atoms with van der Waals surface area (Å²) in [6, 6.07) is 6.80. The quantitative estimate of drug-likeness (QED) is 0.429. The lowest BCUT2D eigenvalue weighted by molar-refractivity contribution is 0.412. The van der Waals surface area contributed by atoms with Crippen LogP contribution in [0, 0.1) is 22.8 Å². The van der Waals surface area contributed by atoms with Gasteiger partial charge < -0.3 is 21.5 Å². The van der Waals surface area contributed by atoms with Gasteiger partial charge in [0.25, 0.3) is 0 Å². The first-order valence-corrected chi connectivity index (χ1v) is 8.11. The molecule has 1 atom stereocenters. The van der Waals surface area contributed by atoms with E-state index in [2.05, 4.69) is 36.5 Å². The first kappa shape index (κ1) is 17.3. The van der Waals surface area contributed by atoms with Gasteiger partial charge in [0.05, 0.1) is 17.3 Å². The Morgan fingerprint density at radius 2 is 2.12 bits per heavy atom. The highest BCUT2D eigenvalue weighted by Gasteiger charge is 2.29. The second-order valence-electron chi connectivity index (χ2n) is 5.30. The average molecular weight is 413 g/mol. The zero-order chi connectivity index (χ0) is 18.8. The van der Waals surface area contributed by atoms with Gasteiger partial charge in [0, 0.05) is 5.56 Å². The molecule has 0 saturated heterocycles. The van der Waals surface area contributed by atoms with Crippen LogP contribution in [0.1, 0.15) is 22.7 Å². The number of pyridine rings is 1. The van der Waals surface area contributed by atoms with E-state index < -0.39 is 6.04 Å². The molecule has 130 valence electrons. The summed E-state index contributed by atoms with van der Waals surface area (Å²) in [6.07, 6.45) is 1.81. The number of ether oxygens (including phenoxy) is 1. The Kier molecular flexibility index (Phi) is 4.52. The van der Waals surface area contributed by atoms with Gasteiger partial charge in [-0.2, -0.15) is 10.5 Å². The number of aliphatic imine (C=N–C) groups is 1. The van der Waals surface area contributed by atoms with Crippen LogP contribution < -0.4 is 26.8 Å². The Bertz CT molecular complexity index is 1000. The van der Waals surface area contributed by atoms with E-state index in [1.165, 1.54) is 0 Å². The molecule has 2 aromatic rings. The minimum atomic E-state index is -0.593. The Morgan fingerprint density at radius 1 is 1.35 bits per heavy atom. The summed E-state index contributed by atoms with van der Waals surface area (Å²) >= 11 is 3.44. The largest absolute Gasteiger partial charge is 0.496 e. The van der Waals surface area contributed by atoms with Crippen molar-refractivity contribution in [2.24, 2.45) is 4.99 Å². The number of nitrogens with zero attached hydrogens (tertiary/aromatic N) is 4. The van der Waals surface area contributed by atoms with Crippen LogP contribution in [0.25, 0.3) is 0 Å². The van der Waals surface area contributed by atoms with E-state index in [4.69, 9.17) is 21.5 Å². The number of aromatic nitrogens is 1. The van der Waals surface area contributed by atoms with Gasteiger partial charge in [-0.3, -0.25) is 5.32 Å². The van der Waals surface area contributed by atoms with Crippen molar-refractivity contribution >= 4 is 39.2 Å². The van der Waals surface area contributed by atoms with Crippen molar-refractivity contribution in [1.29, 1.82) is 10.5 Å². The highest BCUT2D eigenvalue weighted by atomic mass is 79.9. The molecule has 1 unspecified atom stereocenters. The summed E-state index contributed by atoms with van der Waals surface area (Å²) in [4.78, 5) is 8.69. The van der Waals surface area contributed by atoms with Crippen LogP contribution in [0.3, 0.4) is 0 Å². The maximum atomic E-state index is 9.32. The minimum absolute atomic E-state index is 0.00381. The molecule has 0 bridgehead atoms. The molecule has 1 aromatic carbocycles. The van der Waals surface area contributed by atoms with Crippen molar-refractivity contribution < 1.29 is 4.74 Å². The number of nitrogens with one attached hydrogen (secondary N) is 2. The van der Waals surface area contributed by atoms with Gasteiger partial charge in [0.1, 0.15) is 35.1 Å². The molecule has 0 fully saturated rings. The number of nitrogens with two attached hydrogens (primary N) is 2. The number of benzene rings is 1. The summed E-state index contributed by atoms with van der Waals surface area (Å²) in [5.41, 5.74) is 13.6. The van der Waals surface area contributed by atoms with Gasteiger partial charge >= 0.3 is 0 Å². The lowest BCUT2D eigenvalue weighted by Crippen LogP contribution is -2.32. The second kappa shape index (κ2) is 6.78. The average Bonchev–Trinajstić information content (AvgIpc) is 2.61. The van der Waals surface area contributed by atoms with E-state index in [0.717, 1.165) is 10.0 Å². The van der Waals surface area contributed by atoms with Crippen LogP contribution >= 0.6 is 15.9 Å². The van der Waals surface area contributed by atoms with E-state index in [0.29, 0.717) is 17.1 Å². The predicted octanol–water partition coefficient (Wildman–Crippen LogP) is 1.83. The fraction of sp³-hybridized carbons (Fsp3) is 0.125. The number of nitrogen functional groups attached to an aromatic ring is 2. The molecule has 0 aliphatic carbocycles. The predicted molar refractivity (Wildman–Crippen MR) is 100 cm³/mol. The number of guanidine groups is 1. The van der Waals surface area contributed by atoms with Gasteiger partial charge in [-0.15, -0.1) is 0 Å². The maximum absolute atomic E-state index is 9.32. The van der Waals surface area contributed by atoms with Crippen molar-refractivity contribution in [2.75, 3.05) is 23.9 Å². The number of hydrogen-bond acceptors (Lipinski definition) is 9. The van der Waals surface area contributed by atoms with Gasteiger partial charge in [-0.1, -0.05) is 6.07 Å². The Hall–Kier alpha value is -3.50. The molecule has 10 heteroatoms. The zero-order valence-corrected chi connectivity index (χ0v) is 15.1. The molecular formula is C16H13BrN8O. The molecule has 0 saturated carbocycles. The molecule has 0 radical (unpaired) electrons. The van der Waals surface area contributed by atoms with E-state index in [9.17, 15) is 5.26 Å². The smallest absolute Gasteiger partial charge is 0.211 e. The van der Waals surface area contributed by atoms with Crippen molar-refractivity contribution in [3.63, 3.8) is 0 Å². The van der Waals surface area contributed by atoms with Crippen molar-refractivity contribution in [3.05, 3.63) is 39.4 Å². The van der Waals surface area contributed by atoms with Crippen LogP contribution in [0.4, 0.5) is 17.3 Å². The first-order valence-electron chi connectivity index (χ1n) is 7.32. The summed E-state index contributed by atoms with van der Waals surface area (Å²) in [5, 5.41) is 23.5. The molecule has 2 heterocycles. The Morgan fingerprint density at radius 3 is 2.73 bits per heavy atom. The van der Waals surface area contributed by atoms with Crippen LogP contribution in [0.5, 0.6) is 5.75 Å². The number of anilines is 3. The topological polar surface area (TPSA) is 158 Å².